The summed E-state index contributed by atoms with van der Waals surface area (Å²) in [6, 6.07) is 10.8. The van der Waals surface area contributed by atoms with Crippen LogP contribution in [-0.2, 0) is 6.54 Å². The first kappa shape index (κ1) is 14.4. The van der Waals surface area contributed by atoms with Crippen molar-refractivity contribution in [3.05, 3.63) is 51.2 Å². The Morgan fingerprint density at radius 1 is 1.32 bits per heavy atom. The lowest BCUT2D eigenvalue weighted by atomic mass is 10.1. The van der Waals surface area contributed by atoms with Gasteiger partial charge in [0.05, 0.1) is 4.34 Å². The molecule has 19 heavy (non-hydrogen) atoms. The van der Waals surface area contributed by atoms with E-state index in [0.717, 1.165) is 16.6 Å². The van der Waals surface area contributed by atoms with Gasteiger partial charge < -0.3 is 10.2 Å². The number of hydrogen-bond donors (Lipinski definition) is 1. The van der Waals surface area contributed by atoms with E-state index in [2.05, 4.69) is 60.9 Å². The van der Waals surface area contributed by atoms with Gasteiger partial charge in [0.15, 0.2) is 0 Å². The van der Waals surface area contributed by atoms with E-state index >= 15 is 0 Å². The van der Waals surface area contributed by atoms with Crippen LogP contribution in [0.1, 0.15) is 24.1 Å². The van der Waals surface area contributed by atoms with E-state index in [1.165, 1.54) is 11.1 Å². The van der Waals surface area contributed by atoms with Crippen LogP contribution >= 0.6 is 22.9 Å². The van der Waals surface area contributed by atoms with Gasteiger partial charge in [-0.1, -0.05) is 23.7 Å². The molecule has 102 valence electrons. The lowest BCUT2D eigenvalue weighted by molar-refractivity contribution is 0.402. The van der Waals surface area contributed by atoms with Crippen molar-refractivity contribution in [3.63, 3.8) is 0 Å². The van der Waals surface area contributed by atoms with Gasteiger partial charge in [0.2, 0.25) is 0 Å². The average Bonchev–Trinajstić information content (AvgIpc) is 2.75. The van der Waals surface area contributed by atoms with Crippen molar-refractivity contribution in [1.82, 2.24) is 4.90 Å². The highest BCUT2D eigenvalue weighted by molar-refractivity contribution is 7.14. The van der Waals surface area contributed by atoms with Gasteiger partial charge in [0, 0.05) is 18.3 Å². The van der Waals surface area contributed by atoms with Crippen molar-refractivity contribution < 1.29 is 0 Å². The zero-order chi connectivity index (χ0) is 13.8. The van der Waals surface area contributed by atoms with Crippen LogP contribution in [0.5, 0.6) is 0 Å². The normalized spacial score (nSPS) is 12.7. The van der Waals surface area contributed by atoms with Gasteiger partial charge in [-0.05, 0) is 55.7 Å². The first-order valence-corrected chi connectivity index (χ1v) is 7.54. The summed E-state index contributed by atoms with van der Waals surface area (Å²) >= 11 is 7.55. The molecule has 0 aliphatic heterocycles. The third-order valence-electron chi connectivity index (χ3n) is 2.90. The van der Waals surface area contributed by atoms with Crippen LogP contribution in [0.3, 0.4) is 0 Å². The number of nitrogens with one attached hydrogen (secondary N) is 1. The van der Waals surface area contributed by atoms with Crippen LogP contribution < -0.4 is 5.32 Å². The minimum atomic E-state index is 0.262. The zero-order valence-corrected chi connectivity index (χ0v) is 13.1. The molecule has 2 rings (SSSR count). The number of halogens is 1. The summed E-state index contributed by atoms with van der Waals surface area (Å²) in [4.78, 5) is 2.17. The molecule has 0 saturated carbocycles. The van der Waals surface area contributed by atoms with Crippen LogP contribution in [0.2, 0.25) is 4.34 Å². The summed E-state index contributed by atoms with van der Waals surface area (Å²) < 4.78 is 0.838. The Balaban J connectivity index is 2.06. The van der Waals surface area contributed by atoms with E-state index in [9.17, 15) is 0 Å². The Morgan fingerprint density at radius 2 is 2.11 bits per heavy atom. The van der Waals surface area contributed by atoms with Gasteiger partial charge in [-0.15, -0.1) is 11.3 Å². The lowest BCUT2D eigenvalue weighted by Crippen LogP contribution is -2.11. The highest BCUT2D eigenvalue weighted by atomic mass is 35.5. The number of anilines is 1. The van der Waals surface area contributed by atoms with Gasteiger partial charge in [-0.2, -0.15) is 0 Å². The highest BCUT2D eigenvalue weighted by Gasteiger charge is 2.08. The summed E-state index contributed by atoms with van der Waals surface area (Å²) in [5, 5.41) is 5.62. The maximum absolute atomic E-state index is 5.98. The minimum absolute atomic E-state index is 0.262. The number of thiophene rings is 1. The molecular weight excluding hydrogens is 276 g/mol. The van der Waals surface area contributed by atoms with Gasteiger partial charge in [0.25, 0.3) is 0 Å². The van der Waals surface area contributed by atoms with Crippen LogP contribution in [-0.4, -0.2) is 19.0 Å². The zero-order valence-electron chi connectivity index (χ0n) is 11.5. The molecule has 0 radical (unpaired) electrons. The first-order valence-electron chi connectivity index (χ1n) is 6.29. The SMILES string of the molecule is CC(Nc1cccc(CN(C)C)c1)c1csc(Cl)c1. The molecule has 2 aromatic rings. The Bertz CT molecular complexity index is 536. The Labute approximate surface area is 124 Å². The second-order valence-electron chi connectivity index (χ2n) is 4.99. The molecular formula is C15H19ClN2S. The number of nitrogens with zero attached hydrogens (tertiary/aromatic N) is 1. The highest BCUT2D eigenvalue weighted by Crippen LogP contribution is 2.27. The molecule has 0 aliphatic rings. The molecule has 1 N–H and O–H groups in total. The van der Waals surface area contributed by atoms with Crippen molar-refractivity contribution >= 4 is 28.6 Å². The lowest BCUT2D eigenvalue weighted by Gasteiger charge is -2.16. The van der Waals surface area contributed by atoms with Crippen LogP contribution in [0.25, 0.3) is 0 Å². The van der Waals surface area contributed by atoms with Crippen molar-refractivity contribution in [2.45, 2.75) is 19.5 Å². The largest absolute Gasteiger partial charge is 0.378 e. The monoisotopic (exact) mass is 294 g/mol. The summed E-state index contributed by atoms with van der Waals surface area (Å²) in [6.45, 7) is 3.10. The molecule has 4 heteroatoms. The summed E-state index contributed by atoms with van der Waals surface area (Å²) in [7, 11) is 4.16. The third kappa shape index (κ3) is 4.23. The maximum Gasteiger partial charge on any atom is 0.0931 e. The fraction of sp³-hybridized carbons (Fsp3) is 0.333. The molecule has 0 saturated heterocycles. The van der Waals surface area contributed by atoms with Crippen LogP contribution in [0, 0.1) is 0 Å². The first-order chi connectivity index (χ1) is 9.04. The number of rotatable bonds is 5. The molecule has 0 spiro atoms. The Kier molecular flexibility index (Phi) is 4.86. The van der Waals surface area contributed by atoms with Gasteiger partial charge in [-0.25, -0.2) is 0 Å². The van der Waals surface area contributed by atoms with Gasteiger partial charge in [-0.3, -0.25) is 0 Å². The molecule has 1 unspecified atom stereocenters. The van der Waals surface area contributed by atoms with Crippen molar-refractivity contribution in [1.29, 1.82) is 0 Å². The molecule has 0 amide bonds. The molecule has 0 fully saturated rings. The predicted molar refractivity (Wildman–Crippen MR) is 85.2 cm³/mol. The second kappa shape index (κ2) is 6.42. The van der Waals surface area contributed by atoms with E-state index in [-0.39, 0.29) is 6.04 Å². The molecule has 1 heterocycles. The molecule has 0 bridgehead atoms. The summed E-state index contributed by atoms with van der Waals surface area (Å²) in [5.74, 6) is 0. The van der Waals surface area contributed by atoms with Gasteiger partial charge >= 0.3 is 0 Å². The van der Waals surface area contributed by atoms with E-state index in [1.807, 2.05) is 6.07 Å². The summed E-state index contributed by atoms with van der Waals surface area (Å²) in [6.07, 6.45) is 0. The molecule has 1 aromatic carbocycles. The smallest absolute Gasteiger partial charge is 0.0931 e. The molecule has 1 atom stereocenters. The maximum atomic E-state index is 5.98. The molecule has 2 nitrogen and oxygen atoms in total. The van der Waals surface area contributed by atoms with Crippen molar-refractivity contribution in [2.24, 2.45) is 0 Å². The number of benzene rings is 1. The van der Waals surface area contributed by atoms with Crippen molar-refractivity contribution in [3.8, 4) is 0 Å². The van der Waals surface area contributed by atoms with Crippen molar-refractivity contribution in [2.75, 3.05) is 19.4 Å². The minimum Gasteiger partial charge on any atom is -0.378 e. The Morgan fingerprint density at radius 3 is 2.74 bits per heavy atom. The second-order valence-corrected chi connectivity index (χ2v) is 6.53. The topological polar surface area (TPSA) is 15.3 Å². The Hall–Kier alpha value is -1.03. The molecule has 0 aliphatic carbocycles. The van der Waals surface area contributed by atoms with Crippen LogP contribution in [0.4, 0.5) is 5.69 Å². The third-order valence-corrected chi connectivity index (χ3v) is 4.01. The molecule has 1 aromatic heterocycles. The number of hydrogen-bond acceptors (Lipinski definition) is 3. The van der Waals surface area contributed by atoms with E-state index in [4.69, 9.17) is 11.6 Å². The average molecular weight is 295 g/mol. The quantitative estimate of drug-likeness (QED) is 0.864. The van der Waals surface area contributed by atoms with E-state index < -0.39 is 0 Å². The van der Waals surface area contributed by atoms with Gasteiger partial charge in [0.1, 0.15) is 0 Å². The van der Waals surface area contributed by atoms with E-state index in [1.54, 1.807) is 11.3 Å². The van der Waals surface area contributed by atoms with E-state index in [0.29, 0.717) is 0 Å². The standard InChI is InChI=1S/C15H19ClN2S/c1-11(13-8-15(16)19-10-13)17-14-6-4-5-12(7-14)9-18(2)3/h4-8,10-11,17H,9H2,1-3H3. The van der Waals surface area contributed by atoms with Crippen LogP contribution in [0.15, 0.2) is 35.7 Å². The summed E-state index contributed by atoms with van der Waals surface area (Å²) in [5.41, 5.74) is 3.69. The predicted octanol–water partition coefficient (Wildman–Crippen LogP) is 4.64. The fourth-order valence-electron chi connectivity index (χ4n) is 2.01. The fourth-order valence-corrected chi connectivity index (χ4v) is 2.99.